The Labute approximate surface area is 734 Å². The van der Waals surface area contributed by atoms with Crippen molar-refractivity contribution >= 4 is 118 Å². The third-order valence-corrected chi connectivity index (χ3v) is 21.2. The van der Waals surface area contributed by atoms with Gasteiger partial charge in [0.1, 0.15) is 93.3 Å². The Morgan fingerprint density at radius 2 is 0.736 bits per heavy atom. The van der Waals surface area contributed by atoms with Crippen LogP contribution >= 0.6 is 59.6 Å². The molecule has 0 aromatic heterocycles. The van der Waals surface area contributed by atoms with Gasteiger partial charge in [0.05, 0.1) is 6.04 Å². The summed E-state index contributed by atoms with van der Waals surface area (Å²) in [4.78, 5) is 107. The minimum atomic E-state index is -1.14. The maximum Gasteiger partial charge on any atom is 0.410 e. The molecule has 12 rings (SSSR count). The Bertz CT molecular complexity index is 4650. The number of anilines is 3. The Morgan fingerprint density at radius 3 is 1.07 bits per heavy atom. The highest BCUT2D eigenvalue weighted by Gasteiger charge is 2.44. The zero-order valence-electron chi connectivity index (χ0n) is 69.3. The largest absolute Gasteiger partial charge is 0.457 e. The lowest BCUT2D eigenvalue weighted by molar-refractivity contribution is -0.138. The quantitative estimate of drug-likeness (QED) is 0.0541. The van der Waals surface area contributed by atoms with Gasteiger partial charge in [0.25, 0.3) is 17.7 Å². The highest BCUT2D eigenvalue weighted by atomic mass is 35.5. The highest BCUT2D eigenvalue weighted by molar-refractivity contribution is 6.31. The molecule has 3 aliphatic heterocycles. The topological polar surface area (TPSA) is 203 Å². The second kappa shape index (κ2) is 45.5. The van der Waals surface area contributed by atoms with E-state index in [-0.39, 0.29) is 104 Å². The van der Waals surface area contributed by atoms with Gasteiger partial charge in [-0.05, 0) is 207 Å². The van der Waals surface area contributed by atoms with Crippen molar-refractivity contribution in [2.24, 2.45) is 17.8 Å². The fraction of sp³-hybridized carbons (Fsp3) is 0.344. The van der Waals surface area contributed by atoms with Gasteiger partial charge in [0.2, 0.25) is 17.7 Å². The maximum atomic E-state index is 14.5. The van der Waals surface area contributed by atoms with Gasteiger partial charge < -0.3 is 49.2 Å². The van der Waals surface area contributed by atoms with E-state index in [0.717, 1.165) is 0 Å². The van der Waals surface area contributed by atoms with Crippen molar-refractivity contribution in [3.63, 3.8) is 0 Å². The Hall–Kier alpha value is -10.4. The molecular weight excluding hydrogens is 1650 g/mol. The van der Waals surface area contributed by atoms with E-state index in [1.165, 1.54) is 63.2 Å². The lowest BCUT2D eigenvalue weighted by Crippen LogP contribution is -2.60. The molecule has 0 saturated carbocycles. The smallest absolute Gasteiger partial charge is 0.410 e. The number of para-hydroxylation sites is 3. The molecule has 3 heterocycles. The van der Waals surface area contributed by atoms with E-state index < -0.39 is 65.0 Å². The normalized spacial score (nSPS) is 15.9. The molecule has 2 N–H and O–H groups in total. The number of alkyl halides is 3. The maximum absolute atomic E-state index is 14.5. The van der Waals surface area contributed by atoms with Gasteiger partial charge in [0, 0.05) is 88.0 Å². The average molecular weight is 1760 g/mol. The fourth-order valence-electron chi connectivity index (χ4n) is 14.3. The summed E-state index contributed by atoms with van der Waals surface area (Å²) in [6, 6.07) is 60.8. The van der Waals surface area contributed by atoms with Crippen molar-refractivity contribution < 1.29 is 65.7 Å². The summed E-state index contributed by atoms with van der Waals surface area (Å²) in [7, 11) is 0. The number of amides is 7. The van der Waals surface area contributed by atoms with E-state index in [4.69, 9.17) is 53.8 Å². The molecule has 0 radical (unpaired) electrons. The highest BCUT2D eigenvalue weighted by Crippen LogP contribution is 2.39. The first-order valence-corrected chi connectivity index (χ1v) is 41.4. The van der Waals surface area contributed by atoms with E-state index in [0.29, 0.717) is 125 Å². The molecule has 3 fully saturated rings. The van der Waals surface area contributed by atoms with Crippen molar-refractivity contribution in [2.75, 3.05) is 91.2 Å². The number of nitrogens with one attached hydrogen (secondary N) is 2. The standard InChI is InChI=1S/C35H41ClFN3O5.2C29H31ClFN3O3.2ClH/c1-23(2)30-22-38(18-19-39(30)34(43)45-35(4,5)6)33(42)32(25-12-14-26(37)15-13-25)40(31(41)21-36)29-17-16-28(20-24(29)3)44-27-10-8-7-9-11-27;2*1-20(2)26-19-33(17-16-32-26)29(36)28(21-8-10-22(31)11-9-21)34(27(35)18-30)23-12-14-25(15-13-23)37-24-6-4-3-5-7-24;;/h7-17,20,23,30,32H,18-19,21-22H2,1-6H3;2*3-15,20,26,28,32H,16-19H2,1-2H3;2*1H/t30-,32-;26-,28+;26-,28-;;/m100../s1. The Balaban J connectivity index is 0.000000225. The molecular formula is C93H105Cl5F3N9O11. The van der Waals surface area contributed by atoms with Crippen LogP contribution in [0.2, 0.25) is 0 Å². The minimum Gasteiger partial charge on any atom is -0.457 e. The third-order valence-electron chi connectivity index (χ3n) is 20.5. The molecule has 0 unspecified atom stereocenters. The van der Waals surface area contributed by atoms with Gasteiger partial charge in [-0.15, -0.1) is 59.6 Å². The van der Waals surface area contributed by atoms with Gasteiger partial charge in [-0.1, -0.05) is 133 Å². The van der Waals surface area contributed by atoms with Crippen LogP contribution in [0.1, 0.15) is 103 Å². The summed E-state index contributed by atoms with van der Waals surface area (Å²) in [5, 5.41) is 6.90. The van der Waals surface area contributed by atoms with Crippen LogP contribution in [0.5, 0.6) is 34.5 Å². The predicted octanol–water partition coefficient (Wildman–Crippen LogP) is 19.0. The summed E-state index contributed by atoms with van der Waals surface area (Å²) >= 11 is 18.2. The molecule has 28 heteroatoms. The molecule has 0 spiro atoms. The van der Waals surface area contributed by atoms with E-state index >= 15 is 0 Å². The first-order valence-electron chi connectivity index (χ1n) is 39.8. The molecule has 7 amide bonds. The van der Waals surface area contributed by atoms with Crippen LogP contribution in [-0.4, -0.2) is 161 Å². The van der Waals surface area contributed by atoms with Gasteiger partial charge in [-0.3, -0.25) is 43.5 Å². The number of ether oxygens (including phenoxy) is 4. The molecule has 0 bridgehead atoms. The van der Waals surface area contributed by atoms with Crippen LogP contribution in [0.4, 0.5) is 35.0 Å². The molecule has 9 aromatic rings. The minimum absolute atomic E-state index is 0. The van der Waals surface area contributed by atoms with Crippen LogP contribution in [0.3, 0.4) is 0 Å². The van der Waals surface area contributed by atoms with Crippen molar-refractivity contribution in [1.29, 1.82) is 0 Å². The third kappa shape index (κ3) is 26.1. The summed E-state index contributed by atoms with van der Waals surface area (Å²) < 4.78 is 65.1. The monoisotopic (exact) mass is 1760 g/mol. The summed E-state index contributed by atoms with van der Waals surface area (Å²) in [6.45, 7) is 23.7. The summed E-state index contributed by atoms with van der Waals surface area (Å²) in [5.74, 6) is -0.0983. The van der Waals surface area contributed by atoms with Crippen molar-refractivity contribution in [3.8, 4) is 34.5 Å². The van der Waals surface area contributed by atoms with Crippen LogP contribution in [0.15, 0.2) is 231 Å². The number of hydrogen-bond acceptors (Lipinski definition) is 13. The van der Waals surface area contributed by atoms with Gasteiger partial charge in [0.15, 0.2) is 0 Å². The molecule has 20 nitrogen and oxygen atoms in total. The Morgan fingerprint density at radius 1 is 0.413 bits per heavy atom. The number of piperazine rings is 3. The van der Waals surface area contributed by atoms with Gasteiger partial charge >= 0.3 is 6.09 Å². The van der Waals surface area contributed by atoms with Crippen LogP contribution in [0, 0.1) is 42.1 Å². The molecule has 0 aliphatic carbocycles. The van der Waals surface area contributed by atoms with Crippen molar-refractivity contribution in [3.05, 3.63) is 270 Å². The summed E-state index contributed by atoms with van der Waals surface area (Å²) in [6.07, 6.45) is -0.434. The molecule has 3 aliphatic rings. The predicted molar refractivity (Wildman–Crippen MR) is 475 cm³/mol. The van der Waals surface area contributed by atoms with E-state index in [9.17, 15) is 46.7 Å². The number of aryl methyl sites for hydroxylation is 1. The molecule has 644 valence electrons. The summed E-state index contributed by atoms with van der Waals surface area (Å²) in [5.41, 5.74) is 2.91. The molecule has 3 saturated heterocycles. The number of carbonyl (C=O) groups is 7. The second-order valence-corrected chi connectivity index (χ2v) is 32.0. The van der Waals surface area contributed by atoms with Crippen molar-refractivity contribution in [2.45, 2.75) is 111 Å². The van der Waals surface area contributed by atoms with Gasteiger partial charge in [-0.2, -0.15) is 0 Å². The average Bonchev–Trinajstić information content (AvgIpc) is 0.784. The number of benzene rings is 9. The zero-order valence-corrected chi connectivity index (χ0v) is 73.2. The van der Waals surface area contributed by atoms with Gasteiger partial charge in [-0.25, -0.2) is 18.0 Å². The van der Waals surface area contributed by atoms with E-state index in [1.54, 1.807) is 111 Å². The lowest BCUT2D eigenvalue weighted by atomic mass is 9.97. The number of hydrogen-bond donors (Lipinski definition) is 2. The van der Waals surface area contributed by atoms with Crippen LogP contribution in [-0.2, 0) is 33.5 Å². The fourth-order valence-corrected chi connectivity index (χ4v) is 14.7. The molecule has 121 heavy (non-hydrogen) atoms. The van der Waals surface area contributed by atoms with Crippen molar-refractivity contribution in [1.82, 2.24) is 30.2 Å². The molecule has 6 atom stereocenters. The van der Waals surface area contributed by atoms with E-state index in [2.05, 4.69) is 38.3 Å². The first-order chi connectivity index (χ1) is 57.0. The number of halogens is 8. The number of nitrogens with zero attached hydrogens (tertiary/aromatic N) is 7. The van der Waals surface area contributed by atoms with Crippen LogP contribution in [0.25, 0.3) is 0 Å². The second-order valence-electron chi connectivity index (χ2n) is 31.2. The van der Waals surface area contributed by atoms with E-state index in [1.807, 2.05) is 133 Å². The molecule has 9 aromatic carbocycles. The number of rotatable bonds is 24. The SMILES string of the molecule is CC(C)[C@@H]1CN(C(=O)[C@@H](c2ccc(F)cc2)N(C(=O)CCl)c2ccc(Oc3ccccc3)cc2)CCN1.CC(C)[C@@H]1CN(C(=O)[C@H](c2ccc(F)cc2)N(C(=O)CCl)c2ccc(Oc3ccccc3)cc2)CCN1.Cc1cc(Oc2ccccc2)ccc1N(C(=O)CCl)[C@@H](C(=O)N1CCN(C(=O)OC(C)(C)C)[C@@H](C(C)C)C1)c1ccc(F)cc1.Cl.Cl. The Kier molecular flexibility index (Phi) is 36.1. The first kappa shape index (κ1) is 96.1. The zero-order chi connectivity index (χ0) is 85.6. The van der Waals surface area contributed by atoms with Crippen LogP contribution < -0.4 is 39.5 Å². The lowest BCUT2D eigenvalue weighted by Gasteiger charge is -2.45. The number of carbonyl (C=O) groups excluding carboxylic acids is 7.